The van der Waals surface area contributed by atoms with Gasteiger partial charge in [0.1, 0.15) is 0 Å². The van der Waals surface area contributed by atoms with Crippen LogP contribution in [0.4, 0.5) is 0 Å². The lowest BCUT2D eigenvalue weighted by molar-refractivity contribution is 0.816. The normalized spacial score (nSPS) is 11.2. The smallest absolute Gasteiger partial charge is 0.0199 e. The summed E-state index contributed by atoms with van der Waals surface area (Å²) in [6.45, 7) is 8.81. The fourth-order valence-electron chi connectivity index (χ4n) is 1.75. The SMILES string of the molecule is CCCCC=Cc1c(C)ccc(C)c1C. The molecule has 0 aliphatic heterocycles. The van der Waals surface area contributed by atoms with Crippen LogP contribution in [0.15, 0.2) is 18.2 Å². The molecule has 0 heterocycles. The number of benzene rings is 1. The van der Waals surface area contributed by atoms with Crippen molar-refractivity contribution in [2.24, 2.45) is 0 Å². The van der Waals surface area contributed by atoms with E-state index in [1.165, 1.54) is 41.5 Å². The van der Waals surface area contributed by atoms with Crippen LogP contribution in [0.2, 0.25) is 0 Å². The highest BCUT2D eigenvalue weighted by Gasteiger charge is 2.00. The molecule has 0 radical (unpaired) electrons. The first kappa shape index (κ1) is 12.0. The molecule has 0 aromatic heterocycles. The molecule has 82 valence electrons. The average molecular weight is 202 g/mol. The molecular formula is C15H22. The van der Waals surface area contributed by atoms with E-state index in [9.17, 15) is 0 Å². The van der Waals surface area contributed by atoms with Crippen LogP contribution in [0, 0.1) is 20.8 Å². The molecular weight excluding hydrogens is 180 g/mol. The third-order valence-corrected chi connectivity index (χ3v) is 3.01. The molecule has 0 amide bonds. The number of aryl methyl sites for hydroxylation is 2. The monoisotopic (exact) mass is 202 g/mol. The van der Waals surface area contributed by atoms with Crippen LogP contribution in [0.3, 0.4) is 0 Å². The quantitative estimate of drug-likeness (QED) is 0.614. The number of rotatable bonds is 4. The van der Waals surface area contributed by atoms with Gasteiger partial charge < -0.3 is 0 Å². The minimum Gasteiger partial charge on any atom is -0.0839 e. The topological polar surface area (TPSA) is 0 Å². The van der Waals surface area contributed by atoms with E-state index in [-0.39, 0.29) is 0 Å². The van der Waals surface area contributed by atoms with Gasteiger partial charge in [-0.3, -0.25) is 0 Å². The first-order valence-corrected chi connectivity index (χ1v) is 5.90. The molecule has 0 aliphatic rings. The third kappa shape index (κ3) is 3.23. The molecule has 0 N–H and O–H groups in total. The molecule has 0 aliphatic carbocycles. The summed E-state index contributed by atoms with van der Waals surface area (Å²) in [5, 5.41) is 0. The summed E-state index contributed by atoms with van der Waals surface area (Å²) < 4.78 is 0. The van der Waals surface area contributed by atoms with E-state index in [1.54, 1.807) is 0 Å². The molecule has 15 heavy (non-hydrogen) atoms. The Morgan fingerprint density at radius 3 is 2.40 bits per heavy atom. The molecule has 0 atom stereocenters. The second kappa shape index (κ2) is 5.75. The fourth-order valence-corrected chi connectivity index (χ4v) is 1.75. The summed E-state index contributed by atoms with van der Waals surface area (Å²) in [7, 11) is 0. The van der Waals surface area contributed by atoms with Gasteiger partial charge in [-0.2, -0.15) is 0 Å². The van der Waals surface area contributed by atoms with Crippen LogP contribution in [-0.2, 0) is 0 Å². The first-order valence-electron chi connectivity index (χ1n) is 5.90. The predicted molar refractivity (Wildman–Crippen MR) is 69.2 cm³/mol. The molecule has 0 bridgehead atoms. The number of hydrogen-bond donors (Lipinski definition) is 0. The number of hydrogen-bond acceptors (Lipinski definition) is 0. The van der Waals surface area contributed by atoms with Gasteiger partial charge in [-0.05, 0) is 49.4 Å². The molecule has 0 saturated heterocycles. The zero-order chi connectivity index (χ0) is 11.3. The van der Waals surface area contributed by atoms with E-state index in [2.05, 4.69) is 52.0 Å². The summed E-state index contributed by atoms with van der Waals surface area (Å²) in [5.41, 5.74) is 5.59. The Kier molecular flexibility index (Phi) is 4.61. The minimum absolute atomic E-state index is 1.20. The fraction of sp³-hybridized carbons (Fsp3) is 0.467. The summed E-state index contributed by atoms with van der Waals surface area (Å²) in [6, 6.07) is 4.41. The van der Waals surface area contributed by atoms with Crippen molar-refractivity contribution in [1.29, 1.82) is 0 Å². The molecule has 0 heteroatoms. The van der Waals surface area contributed by atoms with E-state index in [0.717, 1.165) is 0 Å². The van der Waals surface area contributed by atoms with Gasteiger partial charge in [0, 0.05) is 0 Å². The van der Waals surface area contributed by atoms with Gasteiger partial charge in [-0.1, -0.05) is 44.1 Å². The Morgan fingerprint density at radius 1 is 1.07 bits per heavy atom. The Labute approximate surface area is 94.0 Å². The summed E-state index contributed by atoms with van der Waals surface area (Å²) in [6.07, 6.45) is 8.35. The standard InChI is InChI=1S/C15H22/c1-5-6-7-8-9-15-13(3)11-10-12(2)14(15)4/h8-11H,5-7H2,1-4H3. The molecule has 1 aromatic rings. The van der Waals surface area contributed by atoms with Crippen LogP contribution in [-0.4, -0.2) is 0 Å². The minimum atomic E-state index is 1.20. The molecule has 0 unspecified atom stereocenters. The van der Waals surface area contributed by atoms with E-state index < -0.39 is 0 Å². The molecule has 1 rings (SSSR count). The Bertz CT molecular complexity index is 345. The highest BCUT2D eigenvalue weighted by Crippen LogP contribution is 2.19. The molecule has 0 spiro atoms. The van der Waals surface area contributed by atoms with Crippen molar-refractivity contribution in [3.05, 3.63) is 40.5 Å². The van der Waals surface area contributed by atoms with Crippen molar-refractivity contribution >= 4 is 6.08 Å². The lowest BCUT2D eigenvalue weighted by Crippen LogP contribution is -1.89. The molecule has 0 fully saturated rings. The van der Waals surface area contributed by atoms with Gasteiger partial charge in [0.05, 0.1) is 0 Å². The Morgan fingerprint density at radius 2 is 1.73 bits per heavy atom. The van der Waals surface area contributed by atoms with E-state index >= 15 is 0 Å². The average Bonchev–Trinajstić information content (AvgIpc) is 2.23. The maximum absolute atomic E-state index is 2.30. The summed E-state index contributed by atoms with van der Waals surface area (Å²) >= 11 is 0. The zero-order valence-electron chi connectivity index (χ0n) is 10.4. The lowest BCUT2D eigenvalue weighted by atomic mass is 9.98. The third-order valence-electron chi connectivity index (χ3n) is 3.01. The van der Waals surface area contributed by atoms with Gasteiger partial charge in [0.15, 0.2) is 0 Å². The number of unbranched alkanes of at least 4 members (excludes halogenated alkanes) is 2. The maximum atomic E-state index is 2.30. The van der Waals surface area contributed by atoms with Gasteiger partial charge >= 0.3 is 0 Å². The summed E-state index contributed by atoms with van der Waals surface area (Å²) in [5.74, 6) is 0. The van der Waals surface area contributed by atoms with Crippen LogP contribution < -0.4 is 0 Å². The van der Waals surface area contributed by atoms with Crippen molar-refractivity contribution in [1.82, 2.24) is 0 Å². The van der Waals surface area contributed by atoms with E-state index in [1.807, 2.05) is 0 Å². The Hall–Kier alpha value is -1.04. The van der Waals surface area contributed by atoms with Gasteiger partial charge in [-0.15, -0.1) is 0 Å². The number of allylic oxidation sites excluding steroid dienone is 1. The van der Waals surface area contributed by atoms with Gasteiger partial charge in [0.2, 0.25) is 0 Å². The van der Waals surface area contributed by atoms with Crippen molar-refractivity contribution < 1.29 is 0 Å². The predicted octanol–water partition coefficient (Wildman–Crippen LogP) is 4.82. The van der Waals surface area contributed by atoms with Crippen molar-refractivity contribution in [3.8, 4) is 0 Å². The van der Waals surface area contributed by atoms with Gasteiger partial charge in [-0.25, -0.2) is 0 Å². The first-order chi connectivity index (χ1) is 7.16. The largest absolute Gasteiger partial charge is 0.0839 e. The van der Waals surface area contributed by atoms with Crippen LogP contribution >= 0.6 is 0 Å². The van der Waals surface area contributed by atoms with Crippen LogP contribution in [0.5, 0.6) is 0 Å². The highest BCUT2D eigenvalue weighted by atomic mass is 14.1. The van der Waals surface area contributed by atoms with E-state index in [4.69, 9.17) is 0 Å². The van der Waals surface area contributed by atoms with E-state index in [0.29, 0.717) is 0 Å². The van der Waals surface area contributed by atoms with Crippen LogP contribution in [0.1, 0.15) is 48.4 Å². The van der Waals surface area contributed by atoms with Crippen molar-refractivity contribution in [2.75, 3.05) is 0 Å². The summed E-state index contributed by atoms with van der Waals surface area (Å²) in [4.78, 5) is 0. The van der Waals surface area contributed by atoms with Crippen molar-refractivity contribution in [2.45, 2.75) is 47.0 Å². The van der Waals surface area contributed by atoms with Crippen LogP contribution in [0.25, 0.3) is 6.08 Å². The van der Waals surface area contributed by atoms with Crippen molar-refractivity contribution in [3.63, 3.8) is 0 Å². The zero-order valence-corrected chi connectivity index (χ0v) is 10.4. The highest BCUT2D eigenvalue weighted by molar-refractivity contribution is 5.59. The molecule has 1 aromatic carbocycles. The lowest BCUT2D eigenvalue weighted by Gasteiger charge is -2.08. The second-order valence-corrected chi connectivity index (χ2v) is 4.28. The maximum Gasteiger partial charge on any atom is -0.0199 e. The molecule has 0 nitrogen and oxygen atoms in total. The second-order valence-electron chi connectivity index (χ2n) is 4.28. The Balaban J connectivity index is 2.84. The molecule has 0 saturated carbocycles. The van der Waals surface area contributed by atoms with Gasteiger partial charge in [0.25, 0.3) is 0 Å².